The molecule has 2 bridgehead atoms. The molecule has 0 aromatic heterocycles. The van der Waals surface area contributed by atoms with E-state index in [4.69, 9.17) is 5.11 Å². The summed E-state index contributed by atoms with van der Waals surface area (Å²) in [5.74, 6) is -0.336. The van der Waals surface area contributed by atoms with Crippen molar-refractivity contribution in [3.05, 3.63) is 0 Å². The van der Waals surface area contributed by atoms with Crippen LogP contribution in [-0.4, -0.2) is 57.4 Å². The van der Waals surface area contributed by atoms with Crippen LogP contribution in [0.25, 0.3) is 0 Å². The van der Waals surface area contributed by atoms with Gasteiger partial charge < -0.3 is 25.7 Å². The lowest BCUT2D eigenvalue weighted by Crippen LogP contribution is -2.74. The molecule has 0 unspecified atom stereocenters. The maximum Gasteiger partial charge on any atom is 0.112 e. The second-order valence-electron chi connectivity index (χ2n) is 4.03. The number of hydrogen-bond acceptors (Lipinski definition) is 5. The standard InChI is InChI=1S/C8H15NO4/c10-2-4-1-5-6(11)7(12)8(4,13)3-9-5/h4-7,9-13H,1-3H2/t4-,5+,6-,7+,8-/m0/s1. The zero-order valence-electron chi connectivity index (χ0n) is 7.22. The minimum atomic E-state index is -1.37. The van der Waals surface area contributed by atoms with E-state index >= 15 is 0 Å². The summed E-state index contributed by atoms with van der Waals surface area (Å²) in [6.45, 7) is 0.0829. The van der Waals surface area contributed by atoms with E-state index in [1.54, 1.807) is 0 Å². The average Bonchev–Trinajstić information content (AvgIpc) is 2.14. The van der Waals surface area contributed by atoms with Crippen LogP contribution in [0.2, 0.25) is 0 Å². The molecule has 5 nitrogen and oxygen atoms in total. The molecule has 2 aliphatic heterocycles. The molecule has 0 spiro atoms. The molecule has 76 valence electrons. The molecule has 3 rings (SSSR count). The number of aliphatic hydroxyl groups is 4. The largest absolute Gasteiger partial charge is 0.396 e. The van der Waals surface area contributed by atoms with Crippen LogP contribution in [0.4, 0.5) is 0 Å². The van der Waals surface area contributed by atoms with Gasteiger partial charge in [0, 0.05) is 25.1 Å². The van der Waals surface area contributed by atoms with Gasteiger partial charge in [-0.25, -0.2) is 0 Å². The highest BCUT2D eigenvalue weighted by molar-refractivity contribution is 5.11. The maximum atomic E-state index is 9.98. The van der Waals surface area contributed by atoms with Crippen molar-refractivity contribution in [2.75, 3.05) is 13.2 Å². The fourth-order valence-electron chi connectivity index (χ4n) is 2.39. The molecular weight excluding hydrogens is 174 g/mol. The molecule has 1 saturated carbocycles. The van der Waals surface area contributed by atoms with Crippen LogP contribution in [0.15, 0.2) is 0 Å². The van der Waals surface area contributed by atoms with Crippen LogP contribution < -0.4 is 5.32 Å². The van der Waals surface area contributed by atoms with Gasteiger partial charge in [0.15, 0.2) is 0 Å². The first-order valence-electron chi connectivity index (χ1n) is 4.52. The lowest BCUT2D eigenvalue weighted by Gasteiger charge is -2.54. The maximum absolute atomic E-state index is 9.98. The normalized spacial score (nSPS) is 55.4. The number of piperidine rings is 2. The number of hydrogen-bond donors (Lipinski definition) is 5. The van der Waals surface area contributed by atoms with Crippen molar-refractivity contribution in [3.8, 4) is 0 Å². The Kier molecular flexibility index (Phi) is 2.08. The van der Waals surface area contributed by atoms with Crippen molar-refractivity contribution in [1.29, 1.82) is 0 Å². The molecule has 5 heteroatoms. The molecule has 13 heavy (non-hydrogen) atoms. The van der Waals surface area contributed by atoms with Crippen LogP contribution in [0, 0.1) is 5.92 Å². The zero-order chi connectivity index (χ0) is 9.64. The molecule has 5 N–H and O–H groups in total. The zero-order valence-corrected chi connectivity index (χ0v) is 7.22. The third-order valence-corrected chi connectivity index (χ3v) is 3.36. The van der Waals surface area contributed by atoms with Gasteiger partial charge >= 0.3 is 0 Å². The first kappa shape index (κ1) is 9.36. The third-order valence-electron chi connectivity index (χ3n) is 3.36. The van der Waals surface area contributed by atoms with Gasteiger partial charge in [-0.3, -0.25) is 0 Å². The summed E-state index contributed by atoms with van der Waals surface area (Å²) < 4.78 is 0. The van der Waals surface area contributed by atoms with Crippen LogP contribution in [0.1, 0.15) is 6.42 Å². The van der Waals surface area contributed by atoms with Crippen LogP contribution in [0.3, 0.4) is 0 Å². The molecule has 0 radical (unpaired) electrons. The number of rotatable bonds is 1. The topological polar surface area (TPSA) is 93.0 Å². The Labute approximate surface area is 76.0 Å². The van der Waals surface area contributed by atoms with E-state index in [0.29, 0.717) is 6.42 Å². The fraction of sp³-hybridized carbons (Fsp3) is 1.00. The van der Waals surface area contributed by atoms with Crippen LogP contribution in [0.5, 0.6) is 0 Å². The van der Waals surface area contributed by atoms with E-state index in [-0.39, 0.29) is 25.1 Å². The molecule has 2 saturated heterocycles. The number of aliphatic hydroxyl groups excluding tert-OH is 3. The Balaban J connectivity index is 2.25. The number of nitrogens with one attached hydrogen (secondary N) is 1. The highest BCUT2D eigenvalue weighted by atomic mass is 16.4. The average molecular weight is 189 g/mol. The molecule has 1 aliphatic carbocycles. The molecule has 3 aliphatic rings. The minimum Gasteiger partial charge on any atom is -0.396 e. The quantitative estimate of drug-likeness (QED) is 0.312. The fourth-order valence-corrected chi connectivity index (χ4v) is 2.39. The van der Waals surface area contributed by atoms with Crippen molar-refractivity contribution >= 4 is 0 Å². The smallest absolute Gasteiger partial charge is 0.112 e. The SMILES string of the molecule is OC[C@@H]1C[C@H]2NC[C@@]1(O)[C@H](O)[C@H]2O. The summed E-state index contributed by atoms with van der Waals surface area (Å²) in [6, 6.07) is -0.207. The lowest BCUT2D eigenvalue weighted by atomic mass is 9.67. The van der Waals surface area contributed by atoms with Gasteiger partial charge in [-0.2, -0.15) is 0 Å². The van der Waals surface area contributed by atoms with Gasteiger partial charge in [-0.1, -0.05) is 0 Å². The molecule has 5 atom stereocenters. The molecule has 3 fully saturated rings. The molecule has 0 amide bonds. The van der Waals surface area contributed by atoms with Crippen LogP contribution >= 0.6 is 0 Å². The van der Waals surface area contributed by atoms with Crippen molar-refractivity contribution in [2.24, 2.45) is 5.92 Å². The summed E-state index contributed by atoms with van der Waals surface area (Å²) in [4.78, 5) is 0. The Morgan fingerprint density at radius 3 is 2.69 bits per heavy atom. The number of fused-ring (bicyclic) bond motifs is 3. The van der Waals surface area contributed by atoms with Crippen molar-refractivity contribution < 1.29 is 20.4 Å². The molecular formula is C8H15NO4. The Morgan fingerprint density at radius 2 is 2.08 bits per heavy atom. The first-order chi connectivity index (χ1) is 6.09. The Bertz CT molecular complexity index is 208. The van der Waals surface area contributed by atoms with Gasteiger partial charge in [-0.05, 0) is 6.42 Å². The monoisotopic (exact) mass is 189 g/mol. The van der Waals surface area contributed by atoms with Crippen molar-refractivity contribution in [2.45, 2.75) is 30.3 Å². The summed E-state index contributed by atoms with van der Waals surface area (Å²) in [5, 5.41) is 41.0. The molecule has 2 heterocycles. The second kappa shape index (κ2) is 2.90. The Morgan fingerprint density at radius 1 is 1.38 bits per heavy atom. The van der Waals surface area contributed by atoms with E-state index in [1.807, 2.05) is 0 Å². The van der Waals surface area contributed by atoms with Gasteiger partial charge in [0.25, 0.3) is 0 Å². The molecule has 0 aromatic rings. The highest BCUT2D eigenvalue weighted by Crippen LogP contribution is 2.37. The Hall–Kier alpha value is -0.200. The summed E-state index contributed by atoms with van der Waals surface area (Å²) >= 11 is 0. The first-order valence-corrected chi connectivity index (χ1v) is 4.52. The van der Waals surface area contributed by atoms with E-state index in [2.05, 4.69) is 5.32 Å². The predicted molar refractivity (Wildman–Crippen MR) is 43.9 cm³/mol. The molecule has 0 aromatic carbocycles. The second-order valence-corrected chi connectivity index (χ2v) is 4.03. The van der Waals surface area contributed by atoms with Gasteiger partial charge in [0.05, 0.1) is 6.10 Å². The summed E-state index contributed by atoms with van der Waals surface area (Å²) in [7, 11) is 0. The van der Waals surface area contributed by atoms with Crippen molar-refractivity contribution in [3.63, 3.8) is 0 Å². The van der Waals surface area contributed by atoms with Crippen LogP contribution in [-0.2, 0) is 0 Å². The van der Waals surface area contributed by atoms with E-state index in [9.17, 15) is 15.3 Å². The highest BCUT2D eigenvalue weighted by Gasteiger charge is 2.56. The van der Waals surface area contributed by atoms with E-state index in [0.717, 1.165) is 0 Å². The lowest BCUT2D eigenvalue weighted by molar-refractivity contribution is -0.218. The minimum absolute atomic E-state index is 0.154. The summed E-state index contributed by atoms with van der Waals surface area (Å²) in [6.07, 6.45) is -1.57. The van der Waals surface area contributed by atoms with Gasteiger partial charge in [-0.15, -0.1) is 0 Å². The van der Waals surface area contributed by atoms with Crippen molar-refractivity contribution in [1.82, 2.24) is 5.32 Å². The van der Waals surface area contributed by atoms with Gasteiger partial charge in [0.2, 0.25) is 0 Å². The van der Waals surface area contributed by atoms with Gasteiger partial charge in [0.1, 0.15) is 11.7 Å². The summed E-state index contributed by atoms with van der Waals surface area (Å²) in [5.41, 5.74) is -1.37. The van der Waals surface area contributed by atoms with E-state index in [1.165, 1.54) is 0 Å². The van der Waals surface area contributed by atoms with E-state index < -0.39 is 17.8 Å². The third kappa shape index (κ3) is 1.12. The predicted octanol–water partition coefficient (Wildman–Crippen LogP) is -2.58.